The zero-order valence-electron chi connectivity index (χ0n) is 19.7. The fourth-order valence-corrected chi connectivity index (χ4v) is 6.38. The molecule has 0 bridgehead atoms. The van der Waals surface area contributed by atoms with Gasteiger partial charge in [-0.25, -0.2) is 0 Å². The molecule has 3 aromatic carbocycles. The predicted octanol–water partition coefficient (Wildman–Crippen LogP) is 7.43. The number of dihydropyridines is 1. The zero-order chi connectivity index (χ0) is 24.8. The van der Waals surface area contributed by atoms with Gasteiger partial charge in [-0.3, -0.25) is 9.59 Å². The summed E-state index contributed by atoms with van der Waals surface area (Å²) in [5.41, 5.74) is 5.04. The number of fused-ring (bicyclic) bond motifs is 1. The van der Waals surface area contributed by atoms with Gasteiger partial charge < -0.3 is 10.1 Å². The minimum atomic E-state index is -0.445. The molecular weight excluding hydrogens is 493 g/mol. The van der Waals surface area contributed by atoms with Crippen LogP contribution < -0.4 is 10.1 Å². The second-order valence-electron chi connectivity index (χ2n) is 9.64. The third kappa shape index (κ3) is 4.03. The van der Waals surface area contributed by atoms with E-state index in [2.05, 4.69) is 23.5 Å². The molecule has 3 aliphatic rings. The molecule has 0 unspecified atom stereocenters. The number of allylic oxidation sites excluding steroid dienone is 4. The number of nitrogens with one attached hydrogen (secondary N) is 1. The van der Waals surface area contributed by atoms with E-state index in [1.807, 2.05) is 24.3 Å². The van der Waals surface area contributed by atoms with Crippen molar-refractivity contribution in [1.29, 1.82) is 0 Å². The van der Waals surface area contributed by atoms with Gasteiger partial charge in [0.05, 0.1) is 10.0 Å². The summed E-state index contributed by atoms with van der Waals surface area (Å²) >= 11 is 13.5. The Kier molecular flexibility index (Phi) is 6.10. The molecule has 0 aromatic heterocycles. The van der Waals surface area contributed by atoms with Gasteiger partial charge in [0, 0.05) is 41.3 Å². The minimum Gasteiger partial charge on any atom is -0.486 e. The maximum absolute atomic E-state index is 13.1. The van der Waals surface area contributed by atoms with Crippen LogP contribution >= 0.6 is 23.2 Å². The van der Waals surface area contributed by atoms with E-state index in [1.54, 1.807) is 12.1 Å². The average Bonchev–Trinajstić information content (AvgIpc) is 2.87. The van der Waals surface area contributed by atoms with Crippen LogP contribution in [0, 0.1) is 0 Å². The van der Waals surface area contributed by atoms with Crippen molar-refractivity contribution in [3.8, 4) is 5.75 Å². The van der Waals surface area contributed by atoms with Gasteiger partial charge in [0.15, 0.2) is 17.3 Å². The summed E-state index contributed by atoms with van der Waals surface area (Å²) in [6.45, 7) is 0.315. The van der Waals surface area contributed by atoms with Crippen molar-refractivity contribution >= 4 is 45.5 Å². The Balaban J connectivity index is 1.37. The topological polar surface area (TPSA) is 55.4 Å². The molecule has 0 saturated heterocycles. The Bertz CT molecular complexity index is 1420. The Labute approximate surface area is 219 Å². The number of Topliss-reactive ketones (excluding diaryl/α,β-unsaturated/α-hetero) is 2. The van der Waals surface area contributed by atoms with E-state index < -0.39 is 5.92 Å². The molecule has 0 radical (unpaired) electrons. The van der Waals surface area contributed by atoms with Crippen LogP contribution in [0.4, 0.5) is 0 Å². The second kappa shape index (κ2) is 9.42. The van der Waals surface area contributed by atoms with Gasteiger partial charge in [0.2, 0.25) is 0 Å². The van der Waals surface area contributed by atoms with E-state index in [0.29, 0.717) is 46.4 Å². The smallest absolute Gasteiger partial charge is 0.161 e. The van der Waals surface area contributed by atoms with Gasteiger partial charge in [-0.15, -0.1) is 0 Å². The van der Waals surface area contributed by atoms with Crippen molar-refractivity contribution in [2.75, 3.05) is 0 Å². The van der Waals surface area contributed by atoms with E-state index in [1.165, 1.54) is 0 Å². The van der Waals surface area contributed by atoms with Crippen molar-refractivity contribution in [3.05, 3.63) is 98.3 Å². The first-order chi connectivity index (χ1) is 17.5. The van der Waals surface area contributed by atoms with Gasteiger partial charge in [0.1, 0.15) is 6.61 Å². The van der Waals surface area contributed by atoms with E-state index in [-0.39, 0.29) is 11.6 Å². The first kappa shape index (κ1) is 23.3. The summed E-state index contributed by atoms with van der Waals surface area (Å²) in [5, 5.41) is 6.43. The van der Waals surface area contributed by atoms with Gasteiger partial charge in [0.25, 0.3) is 0 Å². The molecule has 0 fully saturated rings. The van der Waals surface area contributed by atoms with Crippen LogP contribution in [0.1, 0.15) is 55.6 Å². The highest BCUT2D eigenvalue weighted by Gasteiger charge is 2.40. The SMILES string of the molecule is O=C1CCCC2=C1C(c1cc(Cl)c(OCc3cccc4ccccc34)c(Cl)c1)C1=C(CCCC1=O)N2. The number of hydrogen-bond acceptors (Lipinski definition) is 4. The number of halogens is 2. The lowest BCUT2D eigenvalue weighted by molar-refractivity contribution is -0.116. The molecule has 6 heteroatoms. The van der Waals surface area contributed by atoms with E-state index in [9.17, 15) is 9.59 Å². The summed E-state index contributed by atoms with van der Waals surface area (Å²) in [7, 11) is 0. The third-order valence-corrected chi connectivity index (χ3v) is 7.96. The summed E-state index contributed by atoms with van der Waals surface area (Å²) in [6, 6.07) is 17.9. The Morgan fingerprint density at radius 2 is 1.42 bits per heavy atom. The number of ether oxygens (including phenoxy) is 1. The monoisotopic (exact) mass is 517 g/mol. The molecule has 1 aliphatic heterocycles. The molecule has 0 saturated carbocycles. The standard InChI is InChI=1S/C30H25Cl2NO3/c31-21-14-19(15-22(32)30(21)36-16-18-8-3-7-17-6-1-2-9-20(17)18)27-28-23(10-4-12-25(28)34)33-24-11-5-13-26(35)29(24)27/h1-3,6-9,14-15,27,33H,4-5,10-13,16H2. The molecule has 0 atom stereocenters. The lowest BCUT2D eigenvalue weighted by Gasteiger charge is -2.37. The van der Waals surface area contributed by atoms with Crippen LogP contribution in [0.15, 0.2) is 77.1 Å². The fraction of sp³-hybridized carbons (Fsp3) is 0.267. The molecule has 6 rings (SSSR count). The van der Waals surface area contributed by atoms with Gasteiger partial charge in [-0.2, -0.15) is 0 Å². The molecule has 1 heterocycles. The van der Waals surface area contributed by atoms with Crippen molar-refractivity contribution in [2.24, 2.45) is 0 Å². The number of ketones is 2. The molecule has 0 amide bonds. The first-order valence-corrected chi connectivity index (χ1v) is 13.1. The Hall–Kier alpha value is -3.08. The highest BCUT2D eigenvalue weighted by Crippen LogP contribution is 2.47. The van der Waals surface area contributed by atoms with Gasteiger partial charge >= 0.3 is 0 Å². The second-order valence-corrected chi connectivity index (χ2v) is 10.5. The Morgan fingerprint density at radius 1 is 0.806 bits per heavy atom. The van der Waals surface area contributed by atoms with Crippen molar-refractivity contribution in [2.45, 2.75) is 51.0 Å². The molecule has 2 aliphatic carbocycles. The Morgan fingerprint density at radius 3 is 2.08 bits per heavy atom. The van der Waals surface area contributed by atoms with Gasteiger partial charge in [-0.05, 0) is 59.7 Å². The molecule has 0 spiro atoms. The highest BCUT2D eigenvalue weighted by atomic mass is 35.5. The van der Waals surface area contributed by atoms with Crippen molar-refractivity contribution in [1.82, 2.24) is 5.32 Å². The number of rotatable bonds is 4. The molecule has 182 valence electrons. The molecule has 3 aromatic rings. The maximum atomic E-state index is 13.1. The minimum absolute atomic E-state index is 0.0854. The van der Waals surface area contributed by atoms with Crippen LogP contribution in [-0.4, -0.2) is 11.6 Å². The lowest BCUT2D eigenvalue weighted by atomic mass is 9.71. The average molecular weight is 518 g/mol. The molecule has 4 nitrogen and oxygen atoms in total. The van der Waals surface area contributed by atoms with E-state index in [4.69, 9.17) is 27.9 Å². The highest BCUT2D eigenvalue weighted by molar-refractivity contribution is 6.37. The summed E-state index contributed by atoms with van der Waals surface area (Å²) < 4.78 is 6.13. The number of carbonyl (C=O) groups excluding carboxylic acids is 2. The quantitative estimate of drug-likeness (QED) is 0.390. The van der Waals surface area contributed by atoms with Crippen LogP contribution in [0.25, 0.3) is 10.8 Å². The number of benzene rings is 3. The van der Waals surface area contributed by atoms with E-state index in [0.717, 1.165) is 59.0 Å². The predicted molar refractivity (Wildman–Crippen MR) is 142 cm³/mol. The van der Waals surface area contributed by atoms with Crippen LogP contribution in [0.2, 0.25) is 10.0 Å². The summed E-state index contributed by atoms with van der Waals surface area (Å²) in [5.74, 6) is 0.126. The lowest BCUT2D eigenvalue weighted by Crippen LogP contribution is -2.36. The largest absolute Gasteiger partial charge is 0.486 e. The van der Waals surface area contributed by atoms with Crippen LogP contribution in [-0.2, 0) is 16.2 Å². The summed E-state index contributed by atoms with van der Waals surface area (Å²) in [6.07, 6.45) is 4.21. The van der Waals surface area contributed by atoms with Crippen molar-refractivity contribution < 1.29 is 14.3 Å². The van der Waals surface area contributed by atoms with Crippen LogP contribution in [0.5, 0.6) is 5.75 Å². The van der Waals surface area contributed by atoms with Crippen molar-refractivity contribution in [3.63, 3.8) is 0 Å². The first-order valence-electron chi connectivity index (χ1n) is 12.4. The van der Waals surface area contributed by atoms with E-state index >= 15 is 0 Å². The normalized spacial score (nSPS) is 18.3. The fourth-order valence-electron chi connectivity index (χ4n) is 5.77. The van der Waals surface area contributed by atoms with Gasteiger partial charge in [-0.1, -0.05) is 65.7 Å². The molecule has 36 heavy (non-hydrogen) atoms. The molecular formula is C30H25Cl2NO3. The number of hydrogen-bond donors (Lipinski definition) is 1. The third-order valence-electron chi connectivity index (χ3n) is 7.40. The maximum Gasteiger partial charge on any atom is 0.161 e. The summed E-state index contributed by atoms with van der Waals surface area (Å²) in [4.78, 5) is 26.1. The zero-order valence-corrected chi connectivity index (χ0v) is 21.2. The number of carbonyl (C=O) groups is 2. The van der Waals surface area contributed by atoms with Crippen LogP contribution in [0.3, 0.4) is 0 Å². The molecule has 1 N–H and O–H groups in total.